The molecule has 2 aromatic heterocycles. The highest BCUT2D eigenvalue weighted by Gasteiger charge is 2.19. The minimum Gasteiger partial charge on any atom is -0.496 e. The Balaban J connectivity index is 2.07. The molecule has 0 fully saturated rings. The van der Waals surface area contributed by atoms with Gasteiger partial charge in [-0.2, -0.15) is 10.1 Å². The number of methoxy groups -OCH3 is 1. The number of aliphatic hydroxyl groups is 1. The lowest BCUT2D eigenvalue weighted by molar-refractivity contribution is 0.209. The number of benzene rings is 1. The van der Waals surface area contributed by atoms with Gasteiger partial charge in [-0.15, -0.1) is 0 Å². The quantitative estimate of drug-likeness (QED) is 0.393. The summed E-state index contributed by atoms with van der Waals surface area (Å²) < 4.78 is 7.25. The van der Waals surface area contributed by atoms with Crippen LogP contribution < -0.4 is 15.4 Å². The first kappa shape index (κ1) is 21.3. The first-order chi connectivity index (χ1) is 14.5. The van der Waals surface area contributed by atoms with E-state index in [0.29, 0.717) is 41.4 Å². The smallest absolute Gasteiger partial charge is 0.411 e. The number of amides is 1. The summed E-state index contributed by atoms with van der Waals surface area (Å²) in [6, 6.07) is 5.51. The van der Waals surface area contributed by atoms with Crippen LogP contribution in [0.1, 0.15) is 36.6 Å². The minimum atomic E-state index is -1.23. The summed E-state index contributed by atoms with van der Waals surface area (Å²) in [5.41, 5.74) is 3.55. The number of carbonyl (C=O) groups is 1. The van der Waals surface area contributed by atoms with Gasteiger partial charge in [-0.1, -0.05) is 25.5 Å². The molecule has 0 spiro atoms. The van der Waals surface area contributed by atoms with Crippen LogP contribution in [0, 0.1) is 6.92 Å². The number of carboxylic acid groups (broad SMARTS) is 1. The van der Waals surface area contributed by atoms with Crippen LogP contribution in [-0.4, -0.2) is 49.7 Å². The highest BCUT2D eigenvalue weighted by atomic mass is 16.5. The van der Waals surface area contributed by atoms with Gasteiger partial charge >= 0.3 is 6.09 Å². The maximum absolute atomic E-state index is 11.1. The van der Waals surface area contributed by atoms with Crippen molar-refractivity contribution in [3.05, 3.63) is 35.0 Å². The van der Waals surface area contributed by atoms with Gasteiger partial charge in [0.25, 0.3) is 0 Å². The summed E-state index contributed by atoms with van der Waals surface area (Å²) in [7, 11) is 1.58. The fraction of sp³-hybridized carbons (Fsp3) is 0.400. The zero-order chi connectivity index (χ0) is 21.7. The third kappa shape index (κ3) is 4.60. The fourth-order valence-corrected chi connectivity index (χ4v) is 3.18. The number of aromatic nitrogens is 4. The number of hydrogen-bond acceptors (Lipinski definition) is 7. The second-order valence-electron chi connectivity index (χ2n) is 6.85. The van der Waals surface area contributed by atoms with E-state index in [9.17, 15) is 9.90 Å². The third-order valence-corrected chi connectivity index (χ3v) is 4.65. The van der Waals surface area contributed by atoms with Crippen LogP contribution in [0.2, 0.25) is 0 Å². The summed E-state index contributed by atoms with van der Waals surface area (Å²) in [5.74, 6) is 1.17. The summed E-state index contributed by atoms with van der Waals surface area (Å²) in [6.07, 6.45) is 0.720. The molecule has 10 heteroatoms. The average molecular weight is 414 g/mol. The van der Waals surface area contributed by atoms with E-state index in [4.69, 9.17) is 9.84 Å². The van der Waals surface area contributed by atoms with Gasteiger partial charge in [0.2, 0.25) is 5.95 Å². The predicted molar refractivity (Wildman–Crippen MR) is 113 cm³/mol. The Hall–Kier alpha value is -3.40. The number of rotatable bonds is 9. The van der Waals surface area contributed by atoms with Crippen molar-refractivity contribution in [1.29, 1.82) is 0 Å². The summed E-state index contributed by atoms with van der Waals surface area (Å²) >= 11 is 0. The number of ether oxygens (including phenoxy) is 1. The van der Waals surface area contributed by atoms with Crippen molar-refractivity contribution in [2.45, 2.75) is 39.8 Å². The molecule has 0 saturated carbocycles. The molecule has 0 aliphatic rings. The highest BCUT2D eigenvalue weighted by molar-refractivity contribution is 5.90. The van der Waals surface area contributed by atoms with Crippen LogP contribution in [-0.2, 0) is 13.2 Å². The Kier molecular flexibility index (Phi) is 6.68. The number of anilines is 2. The zero-order valence-electron chi connectivity index (χ0n) is 17.3. The van der Waals surface area contributed by atoms with Gasteiger partial charge in [0.15, 0.2) is 5.82 Å². The Morgan fingerprint density at radius 3 is 2.77 bits per heavy atom. The number of unbranched alkanes of at least 4 members (excludes halogenated alkanes) is 1. The molecule has 2 heterocycles. The Bertz CT molecular complexity index is 1050. The summed E-state index contributed by atoms with van der Waals surface area (Å²) in [5, 5.41) is 28.5. The van der Waals surface area contributed by atoms with Crippen molar-refractivity contribution in [1.82, 2.24) is 19.7 Å². The van der Waals surface area contributed by atoms with Crippen LogP contribution in [0.15, 0.2) is 18.2 Å². The molecule has 4 N–H and O–H groups in total. The topological polar surface area (TPSA) is 134 Å². The number of hydrogen-bond donors (Lipinski definition) is 4. The zero-order valence-corrected chi connectivity index (χ0v) is 17.3. The van der Waals surface area contributed by atoms with Crippen LogP contribution in [0.25, 0.3) is 11.0 Å². The van der Waals surface area contributed by atoms with Crippen molar-refractivity contribution in [3.8, 4) is 5.75 Å². The van der Waals surface area contributed by atoms with Gasteiger partial charge in [0.05, 0.1) is 26.0 Å². The largest absolute Gasteiger partial charge is 0.496 e. The Morgan fingerprint density at radius 2 is 2.10 bits per heavy atom. The molecule has 0 aliphatic carbocycles. The molecule has 0 bridgehead atoms. The predicted octanol–water partition coefficient (Wildman–Crippen LogP) is 2.99. The maximum atomic E-state index is 11.1. The standard InChI is InChI=1S/C20H26N6O4/c1-4-5-8-21-18-17-16(22-19(23-18)24-20(28)29)12(2)25-26(17)10-14-7-6-13(11-27)9-15(14)30-3/h6-7,9,27H,4-5,8,10-11H2,1-3H3,(H,28,29)(H2,21,22,23,24). The lowest BCUT2D eigenvalue weighted by atomic mass is 10.1. The number of fused-ring (bicyclic) bond motifs is 1. The molecule has 1 aromatic carbocycles. The van der Waals surface area contributed by atoms with E-state index in [-0.39, 0.29) is 12.6 Å². The van der Waals surface area contributed by atoms with Crippen LogP contribution in [0.3, 0.4) is 0 Å². The molecule has 3 aromatic rings. The molecule has 0 atom stereocenters. The van der Waals surface area contributed by atoms with E-state index in [1.165, 1.54) is 0 Å². The number of nitrogens with zero attached hydrogens (tertiary/aromatic N) is 4. The van der Waals surface area contributed by atoms with Gasteiger partial charge in [0.1, 0.15) is 16.8 Å². The van der Waals surface area contributed by atoms with Gasteiger partial charge in [0, 0.05) is 12.1 Å². The second-order valence-corrected chi connectivity index (χ2v) is 6.85. The average Bonchev–Trinajstić information content (AvgIpc) is 3.03. The minimum absolute atomic E-state index is 0.00141. The third-order valence-electron chi connectivity index (χ3n) is 4.65. The molecular formula is C20H26N6O4. The van der Waals surface area contributed by atoms with Gasteiger partial charge in [-0.25, -0.2) is 9.78 Å². The van der Waals surface area contributed by atoms with Crippen LogP contribution in [0.4, 0.5) is 16.6 Å². The molecule has 0 saturated heterocycles. The molecule has 30 heavy (non-hydrogen) atoms. The van der Waals surface area contributed by atoms with Crippen molar-refractivity contribution in [2.24, 2.45) is 0 Å². The number of aryl methyl sites for hydroxylation is 1. The highest BCUT2D eigenvalue weighted by Crippen LogP contribution is 2.28. The second kappa shape index (κ2) is 9.40. The first-order valence-corrected chi connectivity index (χ1v) is 9.72. The lowest BCUT2D eigenvalue weighted by Gasteiger charge is -2.13. The maximum Gasteiger partial charge on any atom is 0.411 e. The van der Waals surface area contributed by atoms with E-state index in [1.54, 1.807) is 17.9 Å². The molecule has 0 aliphatic heterocycles. The van der Waals surface area contributed by atoms with E-state index in [2.05, 4.69) is 32.6 Å². The SMILES string of the molecule is CCCCNc1nc(NC(=O)O)nc2c(C)nn(Cc3ccc(CO)cc3OC)c12. The van der Waals surface area contributed by atoms with Crippen LogP contribution >= 0.6 is 0 Å². The molecule has 0 radical (unpaired) electrons. The van der Waals surface area contributed by atoms with Crippen molar-refractivity contribution >= 4 is 28.9 Å². The van der Waals surface area contributed by atoms with E-state index in [0.717, 1.165) is 24.0 Å². The summed E-state index contributed by atoms with van der Waals surface area (Å²) in [4.78, 5) is 19.8. The van der Waals surface area contributed by atoms with Gasteiger partial charge in [-0.3, -0.25) is 10.00 Å². The molecular weight excluding hydrogens is 388 g/mol. The molecule has 1 amide bonds. The molecule has 0 unspecified atom stereocenters. The monoisotopic (exact) mass is 414 g/mol. The van der Waals surface area contributed by atoms with Gasteiger partial charge in [-0.05, 0) is 25.0 Å². The van der Waals surface area contributed by atoms with Gasteiger partial charge < -0.3 is 20.3 Å². The van der Waals surface area contributed by atoms with E-state index >= 15 is 0 Å². The van der Waals surface area contributed by atoms with E-state index < -0.39 is 6.09 Å². The lowest BCUT2D eigenvalue weighted by Crippen LogP contribution is -2.14. The Labute approximate surface area is 173 Å². The van der Waals surface area contributed by atoms with Crippen molar-refractivity contribution in [3.63, 3.8) is 0 Å². The normalized spacial score (nSPS) is 10.9. The van der Waals surface area contributed by atoms with Crippen molar-refractivity contribution in [2.75, 3.05) is 24.3 Å². The first-order valence-electron chi connectivity index (χ1n) is 9.72. The van der Waals surface area contributed by atoms with Crippen molar-refractivity contribution < 1.29 is 19.7 Å². The summed E-state index contributed by atoms with van der Waals surface area (Å²) in [6.45, 7) is 4.92. The number of nitrogens with one attached hydrogen (secondary N) is 2. The van der Waals surface area contributed by atoms with E-state index in [1.807, 2.05) is 19.1 Å². The fourth-order valence-electron chi connectivity index (χ4n) is 3.18. The Morgan fingerprint density at radius 1 is 1.30 bits per heavy atom. The molecule has 3 rings (SSSR count). The van der Waals surface area contributed by atoms with Crippen LogP contribution in [0.5, 0.6) is 5.75 Å². The molecule has 160 valence electrons. The molecule has 10 nitrogen and oxygen atoms in total. The number of aliphatic hydroxyl groups excluding tert-OH is 1.